The Kier molecular flexibility index (Phi) is 5.94. The summed E-state index contributed by atoms with van der Waals surface area (Å²) in [6.45, 7) is 0. The van der Waals surface area contributed by atoms with Crippen molar-refractivity contribution in [3.05, 3.63) is 82.2 Å². The average molecular weight is 388 g/mol. The van der Waals surface area contributed by atoms with Crippen LogP contribution in [-0.4, -0.2) is 12.1 Å². The number of carbonyl (C=O) groups is 1. The minimum absolute atomic E-state index is 0.140. The molecular weight excluding hydrogens is 373 g/mol. The Bertz CT molecular complexity index is 904. The van der Waals surface area contributed by atoms with Crippen molar-refractivity contribution in [1.82, 2.24) is 5.43 Å². The van der Waals surface area contributed by atoms with Crippen molar-refractivity contribution < 1.29 is 9.21 Å². The molecule has 2 aromatic carbocycles. The van der Waals surface area contributed by atoms with Crippen LogP contribution >= 0.6 is 23.2 Å². The summed E-state index contributed by atoms with van der Waals surface area (Å²) in [5.41, 5.74) is 4.60. The number of nitrogens with zero attached hydrogens (tertiary/aromatic N) is 1. The number of halogens is 2. The second-order valence-corrected chi connectivity index (χ2v) is 6.18. The lowest BCUT2D eigenvalue weighted by Crippen LogP contribution is -2.20. The fourth-order valence-corrected chi connectivity index (χ4v) is 2.79. The van der Waals surface area contributed by atoms with Crippen LogP contribution in [0.15, 0.2) is 70.4 Å². The summed E-state index contributed by atoms with van der Waals surface area (Å²) in [4.78, 5) is 12.1. The zero-order valence-electron chi connectivity index (χ0n) is 13.6. The van der Waals surface area contributed by atoms with E-state index < -0.39 is 0 Å². The van der Waals surface area contributed by atoms with E-state index in [9.17, 15) is 4.79 Å². The van der Waals surface area contributed by atoms with Gasteiger partial charge >= 0.3 is 0 Å². The van der Waals surface area contributed by atoms with Gasteiger partial charge in [0.25, 0.3) is 0 Å². The van der Waals surface area contributed by atoms with Crippen LogP contribution in [0.5, 0.6) is 0 Å². The molecule has 3 rings (SSSR count). The van der Waals surface area contributed by atoms with Crippen molar-refractivity contribution in [1.29, 1.82) is 0 Å². The highest BCUT2D eigenvalue weighted by atomic mass is 35.5. The summed E-state index contributed by atoms with van der Waals surface area (Å²) in [6.07, 6.45) is 3.11. The minimum Gasteiger partial charge on any atom is -0.463 e. The Hall–Kier alpha value is -2.76. The molecule has 7 heteroatoms. The molecule has 3 aromatic rings. The number of anilines is 2. The number of hydrazone groups is 1. The predicted octanol–water partition coefficient (Wildman–Crippen LogP) is 5.02. The van der Waals surface area contributed by atoms with Gasteiger partial charge in [-0.15, -0.1) is 0 Å². The van der Waals surface area contributed by atoms with Crippen LogP contribution in [0.4, 0.5) is 11.4 Å². The highest BCUT2D eigenvalue weighted by molar-refractivity contribution is 6.39. The highest BCUT2D eigenvalue weighted by Crippen LogP contribution is 2.33. The largest absolute Gasteiger partial charge is 0.463 e. The van der Waals surface area contributed by atoms with E-state index in [1.54, 1.807) is 30.3 Å². The number of nitrogens with one attached hydrogen (secondary N) is 2. The summed E-state index contributed by atoms with van der Waals surface area (Å²) < 4.78 is 5.11. The molecule has 0 radical (unpaired) electrons. The summed E-state index contributed by atoms with van der Waals surface area (Å²) >= 11 is 12.4. The zero-order valence-corrected chi connectivity index (χ0v) is 15.1. The summed E-state index contributed by atoms with van der Waals surface area (Å²) in [6, 6.07) is 16.2. The molecule has 1 heterocycles. The molecular formula is C19H15Cl2N3O2. The van der Waals surface area contributed by atoms with Gasteiger partial charge in [0.2, 0.25) is 5.91 Å². The minimum atomic E-state index is -0.257. The van der Waals surface area contributed by atoms with Crippen molar-refractivity contribution in [2.24, 2.45) is 5.10 Å². The lowest BCUT2D eigenvalue weighted by Gasteiger charge is -2.14. The number of para-hydroxylation sites is 2. The fraction of sp³-hybridized carbons (Fsp3) is 0.0526. The van der Waals surface area contributed by atoms with Gasteiger partial charge in [-0.3, -0.25) is 4.79 Å². The number of hydrogen-bond acceptors (Lipinski definition) is 4. The van der Waals surface area contributed by atoms with Crippen LogP contribution in [0.1, 0.15) is 11.3 Å². The fourth-order valence-electron chi connectivity index (χ4n) is 2.29. The van der Waals surface area contributed by atoms with Gasteiger partial charge in [-0.25, -0.2) is 5.43 Å². The van der Waals surface area contributed by atoms with Gasteiger partial charge < -0.3 is 9.73 Å². The molecule has 0 unspecified atom stereocenters. The maximum absolute atomic E-state index is 12.1. The third-order valence-corrected chi connectivity index (χ3v) is 4.14. The van der Waals surface area contributed by atoms with Crippen LogP contribution in [-0.2, 0) is 11.2 Å². The Labute approximate surface area is 160 Å². The molecule has 132 valence electrons. The van der Waals surface area contributed by atoms with E-state index in [0.29, 0.717) is 21.5 Å². The second-order valence-electron chi connectivity index (χ2n) is 5.36. The molecule has 0 saturated heterocycles. The molecule has 0 fully saturated rings. The Morgan fingerprint density at radius 2 is 1.81 bits per heavy atom. The molecule has 0 aliphatic heterocycles. The second kappa shape index (κ2) is 8.56. The van der Waals surface area contributed by atoms with Crippen LogP contribution in [0, 0.1) is 0 Å². The third kappa shape index (κ3) is 4.65. The average Bonchev–Trinajstić information content (AvgIpc) is 3.13. The number of carbonyl (C=O) groups excluding carboxylic acids is 1. The van der Waals surface area contributed by atoms with E-state index in [-0.39, 0.29) is 12.3 Å². The monoisotopic (exact) mass is 387 g/mol. The molecule has 26 heavy (non-hydrogen) atoms. The van der Waals surface area contributed by atoms with Gasteiger partial charge in [0.15, 0.2) is 0 Å². The van der Waals surface area contributed by atoms with Gasteiger partial charge in [-0.05, 0) is 35.9 Å². The molecule has 1 amide bonds. The van der Waals surface area contributed by atoms with Gasteiger partial charge in [0, 0.05) is 5.69 Å². The van der Waals surface area contributed by atoms with Crippen LogP contribution < -0.4 is 10.7 Å². The van der Waals surface area contributed by atoms with E-state index >= 15 is 0 Å². The number of rotatable bonds is 6. The van der Waals surface area contributed by atoms with Crippen molar-refractivity contribution in [2.45, 2.75) is 6.42 Å². The molecule has 0 saturated carbocycles. The number of furan rings is 1. The normalized spacial score (nSPS) is 10.8. The number of amides is 1. The van der Waals surface area contributed by atoms with E-state index in [0.717, 1.165) is 11.3 Å². The van der Waals surface area contributed by atoms with E-state index in [1.807, 2.05) is 24.3 Å². The first kappa shape index (κ1) is 18.0. The SMILES string of the molecule is O=C(Cc1ccccc1Nc1c(Cl)cccc1Cl)N/N=C/c1ccco1. The van der Waals surface area contributed by atoms with Crippen LogP contribution in [0.25, 0.3) is 0 Å². The standard InChI is InChI=1S/C19H15Cl2N3O2/c20-15-7-3-8-16(21)19(15)23-17-9-2-1-5-13(17)11-18(25)24-22-12-14-6-4-10-26-14/h1-10,12,23H,11H2,(H,24,25)/b22-12+. The number of hydrogen-bond donors (Lipinski definition) is 2. The van der Waals surface area contributed by atoms with Crippen molar-refractivity contribution >= 4 is 46.7 Å². The summed E-state index contributed by atoms with van der Waals surface area (Å²) in [5.74, 6) is 0.299. The number of benzene rings is 2. The van der Waals surface area contributed by atoms with Crippen molar-refractivity contribution in [3.63, 3.8) is 0 Å². The molecule has 2 N–H and O–H groups in total. The third-order valence-electron chi connectivity index (χ3n) is 3.52. The Balaban J connectivity index is 1.70. The van der Waals surface area contributed by atoms with Gasteiger partial charge in [-0.2, -0.15) is 5.10 Å². The summed E-state index contributed by atoms with van der Waals surface area (Å²) in [7, 11) is 0. The lowest BCUT2D eigenvalue weighted by atomic mass is 10.1. The maximum atomic E-state index is 12.1. The molecule has 0 aliphatic carbocycles. The van der Waals surface area contributed by atoms with Crippen molar-refractivity contribution in [3.8, 4) is 0 Å². The molecule has 1 aromatic heterocycles. The van der Waals surface area contributed by atoms with E-state index in [2.05, 4.69) is 15.8 Å². The van der Waals surface area contributed by atoms with Crippen LogP contribution in [0.3, 0.4) is 0 Å². The van der Waals surface area contributed by atoms with Gasteiger partial charge in [0.05, 0.1) is 34.6 Å². The molecule has 0 bridgehead atoms. The first-order chi connectivity index (χ1) is 12.6. The van der Waals surface area contributed by atoms with E-state index in [1.165, 1.54) is 12.5 Å². The smallest absolute Gasteiger partial charge is 0.244 e. The molecule has 0 aliphatic rings. The first-order valence-corrected chi connectivity index (χ1v) is 8.53. The maximum Gasteiger partial charge on any atom is 0.244 e. The van der Waals surface area contributed by atoms with Crippen LogP contribution in [0.2, 0.25) is 10.0 Å². The van der Waals surface area contributed by atoms with Gasteiger partial charge in [-0.1, -0.05) is 47.5 Å². The lowest BCUT2D eigenvalue weighted by molar-refractivity contribution is -0.120. The molecule has 0 atom stereocenters. The molecule has 5 nitrogen and oxygen atoms in total. The predicted molar refractivity (Wildman–Crippen MR) is 104 cm³/mol. The van der Waals surface area contributed by atoms with Crippen molar-refractivity contribution in [2.75, 3.05) is 5.32 Å². The Morgan fingerprint density at radius 3 is 2.54 bits per heavy atom. The summed E-state index contributed by atoms with van der Waals surface area (Å²) in [5, 5.41) is 8.07. The topological polar surface area (TPSA) is 66.6 Å². The Morgan fingerprint density at radius 1 is 1.04 bits per heavy atom. The zero-order chi connectivity index (χ0) is 18.4. The van der Waals surface area contributed by atoms with E-state index in [4.69, 9.17) is 27.6 Å². The molecule has 0 spiro atoms. The van der Waals surface area contributed by atoms with Gasteiger partial charge in [0.1, 0.15) is 5.76 Å². The quantitative estimate of drug-likeness (QED) is 0.460. The highest BCUT2D eigenvalue weighted by Gasteiger charge is 2.11. The first-order valence-electron chi connectivity index (χ1n) is 7.78.